The lowest BCUT2D eigenvalue weighted by atomic mass is 9.88. The summed E-state index contributed by atoms with van der Waals surface area (Å²) in [5.74, 6) is -0.0358. The molecule has 0 aliphatic heterocycles. The number of hydrogen-bond acceptors (Lipinski definition) is 3. The Hall–Kier alpha value is -1.90. The lowest BCUT2D eigenvalue weighted by Crippen LogP contribution is -2.03. The summed E-state index contributed by atoms with van der Waals surface area (Å²) in [4.78, 5) is 0. The minimum atomic E-state index is -0.147. The normalized spacial score (nSPS) is 14.8. The van der Waals surface area contributed by atoms with Crippen LogP contribution in [0.25, 0.3) is 10.8 Å². The number of aromatic hydroxyl groups is 3. The van der Waals surface area contributed by atoms with Gasteiger partial charge in [-0.1, -0.05) is 0 Å². The molecule has 0 aromatic heterocycles. The van der Waals surface area contributed by atoms with Gasteiger partial charge in [-0.05, 0) is 55.0 Å². The minimum absolute atomic E-state index is 0.146. The molecule has 0 radical (unpaired) electrons. The van der Waals surface area contributed by atoms with Gasteiger partial charge in [0.2, 0.25) is 0 Å². The van der Waals surface area contributed by atoms with E-state index in [2.05, 4.69) is 0 Å². The first-order valence-electron chi connectivity index (χ1n) is 5.87. The average Bonchev–Trinajstić information content (AvgIpc) is 2.35. The van der Waals surface area contributed by atoms with Crippen LogP contribution in [0.1, 0.15) is 24.0 Å². The lowest BCUT2D eigenvalue weighted by molar-refractivity contribution is 0.407. The van der Waals surface area contributed by atoms with Crippen molar-refractivity contribution in [2.75, 3.05) is 0 Å². The number of aryl methyl sites for hydroxylation is 1. The maximum atomic E-state index is 10.2. The second-order valence-electron chi connectivity index (χ2n) is 4.60. The predicted octanol–water partition coefficient (Wildman–Crippen LogP) is 2.84. The highest BCUT2D eigenvalue weighted by atomic mass is 16.3. The van der Waals surface area contributed by atoms with Gasteiger partial charge in [0.15, 0.2) is 11.5 Å². The Kier molecular flexibility index (Phi) is 2.15. The molecule has 88 valence electrons. The summed E-state index contributed by atoms with van der Waals surface area (Å²) in [6.07, 6.45) is 4.01. The summed E-state index contributed by atoms with van der Waals surface area (Å²) in [5.41, 5.74) is 2.08. The van der Waals surface area contributed by atoms with Crippen LogP contribution in [0.5, 0.6) is 17.2 Å². The molecular formula is C14H14O3. The van der Waals surface area contributed by atoms with Crippen molar-refractivity contribution < 1.29 is 15.3 Å². The summed E-state index contributed by atoms with van der Waals surface area (Å²) in [6, 6.07) is 4.94. The number of fused-ring (bicyclic) bond motifs is 2. The summed E-state index contributed by atoms with van der Waals surface area (Å²) < 4.78 is 0. The summed E-state index contributed by atoms with van der Waals surface area (Å²) in [7, 11) is 0. The maximum absolute atomic E-state index is 10.2. The van der Waals surface area contributed by atoms with E-state index in [-0.39, 0.29) is 17.2 Å². The summed E-state index contributed by atoms with van der Waals surface area (Å²) >= 11 is 0. The van der Waals surface area contributed by atoms with E-state index in [4.69, 9.17) is 0 Å². The van der Waals surface area contributed by atoms with Crippen LogP contribution in [-0.2, 0) is 12.8 Å². The second-order valence-corrected chi connectivity index (χ2v) is 4.60. The van der Waals surface area contributed by atoms with Gasteiger partial charge < -0.3 is 15.3 Å². The van der Waals surface area contributed by atoms with Gasteiger partial charge in [0.05, 0.1) is 0 Å². The highest BCUT2D eigenvalue weighted by Gasteiger charge is 2.18. The molecule has 0 heterocycles. The number of hydrogen-bond donors (Lipinski definition) is 3. The smallest absolute Gasteiger partial charge is 0.165 e. The Morgan fingerprint density at radius 2 is 1.59 bits per heavy atom. The van der Waals surface area contributed by atoms with Gasteiger partial charge in [-0.3, -0.25) is 0 Å². The van der Waals surface area contributed by atoms with E-state index in [1.807, 2.05) is 6.07 Å². The molecule has 0 bridgehead atoms. The molecule has 3 rings (SSSR count). The van der Waals surface area contributed by atoms with Crippen LogP contribution in [0.3, 0.4) is 0 Å². The topological polar surface area (TPSA) is 60.7 Å². The number of rotatable bonds is 0. The van der Waals surface area contributed by atoms with E-state index in [0.717, 1.165) is 36.8 Å². The Labute approximate surface area is 98.9 Å². The van der Waals surface area contributed by atoms with Crippen molar-refractivity contribution in [2.45, 2.75) is 25.7 Å². The molecular weight excluding hydrogens is 216 g/mol. The zero-order chi connectivity index (χ0) is 12.0. The third-order valence-corrected chi connectivity index (χ3v) is 3.57. The molecule has 17 heavy (non-hydrogen) atoms. The summed E-state index contributed by atoms with van der Waals surface area (Å²) in [6.45, 7) is 0. The highest BCUT2D eigenvalue weighted by Crippen LogP contribution is 2.42. The molecule has 2 aromatic carbocycles. The summed E-state index contributed by atoms with van der Waals surface area (Å²) in [5, 5.41) is 30.7. The molecule has 1 aliphatic rings. The van der Waals surface area contributed by atoms with Crippen LogP contribution in [0.15, 0.2) is 18.2 Å². The standard InChI is InChI=1S/C14H14O3/c15-12-6-5-10-11(14(12)17)7-8-3-1-2-4-9(8)13(10)16/h5-7,15-17H,1-4H2. The Balaban J connectivity index is 2.40. The molecule has 3 N–H and O–H groups in total. The van der Waals surface area contributed by atoms with Crippen LogP contribution < -0.4 is 0 Å². The third kappa shape index (κ3) is 1.42. The van der Waals surface area contributed by atoms with Crippen molar-refractivity contribution >= 4 is 10.8 Å². The van der Waals surface area contributed by atoms with Crippen LogP contribution in [0.2, 0.25) is 0 Å². The van der Waals surface area contributed by atoms with Gasteiger partial charge in [-0.25, -0.2) is 0 Å². The molecule has 0 unspecified atom stereocenters. The van der Waals surface area contributed by atoms with Crippen molar-refractivity contribution in [1.29, 1.82) is 0 Å². The van der Waals surface area contributed by atoms with Gasteiger partial charge >= 0.3 is 0 Å². The molecule has 1 aliphatic carbocycles. The first-order chi connectivity index (χ1) is 8.18. The molecule has 0 saturated heterocycles. The first kappa shape index (κ1) is 10.3. The third-order valence-electron chi connectivity index (χ3n) is 3.57. The zero-order valence-corrected chi connectivity index (χ0v) is 9.40. The monoisotopic (exact) mass is 230 g/mol. The zero-order valence-electron chi connectivity index (χ0n) is 9.40. The SMILES string of the molecule is Oc1ccc2c(O)c3c(cc2c1O)CCCC3. The second kappa shape index (κ2) is 3.55. The quantitative estimate of drug-likeness (QED) is 0.610. The van der Waals surface area contributed by atoms with E-state index in [0.29, 0.717) is 10.8 Å². The van der Waals surface area contributed by atoms with E-state index in [1.54, 1.807) is 6.07 Å². The van der Waals surface area contributed by atoms with E-state index < -0.39 is 0 Å². The van der Waals surface area contributed by atoms with Gasteiger partial charge in [-0.15, -0.1) is 0 Å². The molecule has 3 heteroatoms. The highest BCUT2D eigenvalue weighted by molar-refractivity contribution is 5.96. The van der Waals surface area contributed by atoms with Crippen LogP contribution in [0.4, 0.5) is 0 Å². The fraction of sp³-hybridized carbons (Fsp3) is 0.286. The number of phenols is 3. The predicted molar refractivity (Wildman–Crippen MR) is 65.6 cm³/mol. The maximum Gasteiger partial charge on any atom is 0.165 e. The Morgan fingerprint density at radius 3 is 2.41 bits per heavy atom. The Morgan fingerprint density at radius 1 is 0.824 bits per heavy atom. The first-order valence-corrected chi connectivity index (χ1v) is 5.87. The molecule has 2 aromatic rings. The Bertz CT molecular complexity index is 602. The molecule has 0 amide bonds. The van der Waals surface area contributed by atoms with Crippen LogP contribution >= 0.6 is 0 Å². The van der Waals surface area contributed by atoms with Gasteiger partial charge in [0.1, 0.15) is 5.75 Å². The number of benzene rings is 2. The van der Waals surface area contributed by atoms with Crippen molar-refractivity contribution in [3.8, 4) is 17.2 Å². The minimum Gasteiger partial charge on any atom is -0.507 e. The molecule has 3 nitrogen and oxygen atoms in total. The largest absolute Gasteiger partial charge is 0.507 e. The van der Waals surface area contributed by atoms with Crippen molar-refractivity contribution in [1.82, 2.24) is 0 Å². The van der Waals surface area contributed by atoms with Gasteiger partial charge in [-0.2, -0.15) is 0 Å². The van der Waals surface area contributed by atoms with E-state index in [1.165, 1.54) is 6.07 Å². The fourth-order valence-corrected chi connectivity index (χ4v) is 2.64. The van der Waals surface area contributed by atoms with Crippen molar-refractivity contribution in [2.24, 2.45) is 0 Å². The fourth-order valence-electron chi connectivity index (χ4n) is 2.64. The van der Waals surface area contributed by atoms with E-state index >= 15 is 0 Å². The van der Waals surface area contributed by atoms with Gasteiger partial charge in [0.25, 0.3) is 0 Å². The van der Waals surface area contributed by atoms with Crippen LogP contribution in [0, 0.1) is 0 Å². The molecule has 0 spiro atoms. The van der Waals surface area contributed by atoms with Gasteiger partial charge in [0, 0.05) is 10.8 Å². The average molecular weight is 230 g/mol. The lowest BCUT2D eigenvalue weighted by Gasteiger charge is -2.19. The molecule has 0 atom stereocenters. The molecule has 0 saturated carbocycles. The number of phenolic OH excluding ortho intramolecular Hbond substituents is 3. The van der Waals surface area contributed by atoms with E-state index in [9.17, 15) is 15.3 Å². The van der Waals surface area contributed by atoms with Crippen molar-refractivity contribution in [3.63, 3.8) is 0 Å². The van der Waals surface area contributed by atoms with Crippen molar-refractivity contribution in [3.05, 3.63) is 29.3 Å². The van der Waals surface area contributed by atoms with Crippen LogP contribution in [-0.4, -0.2) is 15.3 Å². The molecule has 0 fully saturated rings.